The Hall–Kier alpha value is -3.58. The van der Waals surface area contributed by atoms with Gasteiger partial charge in [0.15, 0.2) is 0 Å². The number of ether oxygens (including phenoxy) is 2. The van der Waals surface area contributed by atoms with Crippen LogP contribution in [0, 0.1) is 6.92 Å². The number of carbonyl (C=O) groups excluding carboxylic acids is 2. The van der Waals surface area contributed by atoms with E-state index in [4.69, 9.17) is 9.47 Å². The minimum atomic E-state index is -0.360. The van der Waals surface area contributed by atoms with Crippen molar-refractivity contribution in [2.24, 2.45) is 0 Å². The van der Waals surface area contributed by atoms with Gasteiger partial charge in [0, 0.05) is 53.1 Å². The SMILES string of the molecule is Cc1c[nH]c2cccc(OC(=O)CCCC(=O)Oc3cccc4[nH]cc(CC5CCCN5C)c34)c12. The smallest absolute Gasteiger partial charge is 0.311 e. The lowest BCUT2D eigenvalue weighted by Gasteiger charge is -2.19. The number of hydrogen-bond donors (Lipinski definition) is 2. The zero-order valence-corrected chi connectivity index (χ0v) is 20.2. The van der Waals surface area contributed by atoms with Crippen LogP contribution < -0.4 is 9.47 Å². The molecule has 1 atom stereocenters. The molecule has 0 amide bonds. The van der Waals surface area contributed by atoms with Crippen molar-refractivity contribution >= 4 is 33.7 Å². The molecule has 0 bridgehead atoms. The van der Waals surface area contributed by atoms with Gasteiger partial charge in [0.1, 0.15) is 11.5 Å². The Labute approximate surface area is 204 Å². The predicted octanol–water partition coefficient (Wildman–Crippen LogP) is 5.28. The molecule has 1 saturated heterocycles. The molecule has 0 spiro atoms. The number of fused-ring (bicyclic) bond motifs is 2. The van der Waals surface area contributed by atoms with Gasteiger partial charge in [-0.25, -0.2) is 0 Å². The number of nitrogens with one attached hydrogen (secondary N) is 2. The molecule has 7 nitrogen and oxygen atoms in total. The number of esters is 2. The molecule has 5 rings (SSSR count). The molecular formula is C28H31N3O4. The Bertz CT molecular complexity index is 1370. The van der Waals surface area contributed by atoms with Crippen LogP contribution in [0.5, 0.6) is 11.5 Å². The van der Waals surface area contributed by atoms with E-state index in [1.165, 1.54) is 18.4 Å². The maximum absolute atomic E-state index is 12.6. The van der Waals surface area contributed by atoms with Crippen molar-refractivity contribution in [3.63, 3.8) is 0 Å². The highest BCUT2D eigenvalue weighted by atomic mass is 16.5. The molecule has 182 valence electrons. The maximum atomic E-state index is 12.6. The van der Waals surface area contributed by atoms with Crippen molar-refractivity contribution in [3.8, 4) is 11.5 Å². The summed E-state index contributed by atoms with van der Waals surface area (Å²) < 4.78 is 11.3. The molecule has 1 aliphatic rings. The van der Waals surface area contributed by atoms with Crippen LogP contribution in [0.25, 0.3) is 21.8 Å². The van der Waals surface area contributed by atoms with Crippen LogP contribution >= 0.6 is 0 Å². The van der Waals surface area contributed by atoms with E-state index >= 15 is 0 Å². The summed E-state index contributed by atoms with van der Waals surface area (Å²) in [6.07, 6.45) is 7.88. The second kappa shape index (κ2) is 9.96. The summed E-state index contributed by atoms with van der Waals surface area (Å²) in [6, 6.07) is 11.8. The molecule has 1 fully saturated rings. The number of carbonyl (C=O) groups is 2. The van der Waals surface area contributed by atoms with Gasteiger partial charge in [0.25, 0.3) is 0 Å². The normalized spacial score (nSPS) is 16.2. The highest BCUT2D eigenvalue weighted by molar-refractivity contribution is 5.92. The standard InChI is InChI=1S/C28H31N3O4/c1-18-16-29-21-8-3-10-23(27(18)21)34-25(32)12-5-13-26(33)35-24-11-4-9-22-28(24)19(17-30-22)15-20-7-6-14-31(20)2/h3-4,8-11,16-17,20,29-30H,5-7,12-15H2,1-2H3. The number of aromatic nitrogens is 2. The third kappa shape index (κ3) is 4.95. The lowest BCUT2D eigenvalue weighted by atomic mass is 10.0. The fourth-order valence-corrected chi connectivity index (χ4v) is 5.08. The lowest BCUT2D eigenvalue weighted by molar-refractivity contribution is -0.135. The van der Waals surface area contributed by atoms with Crippen LogP contribution in [-0.2, 0) is 16.0 Å². The summed E-state index contributed by atoms with van der Waals surface area (Å²) in [7, 11) is 2.17. The molecule has 1 aliphatic heterocycles. The van der Waals surface area contributed by atoms with Gasteiger partial charge in [-0.05, 0) is 81.6 Å². The van der Waals surface area contributed by atoms with E-state index in [0.29, 0.717) is 24.0 Å². The van der Waals surface area contributed by atoms with Crippen molar-refractivity contribution in [2.45, 2.75) is 51.5 Å². The van der Waals surface area contributed by atoms with Gasteiger partial charge in [0.2, 0.25) is 0 Å². The molecule has 7 heteroatoms. The van der Waals surface area contributed by atoms with Gasteiger partial charge in [-0.15, -0.1) is 0 Å². The first-order chi connectivity index (χ1) is 17.0. The van der Waals surface area contributed by atoms with Crippen LogP contribution in [0.15, 0.2) is 48.8 Å². The van der Waals surface area contributed by atoms with Crippen molar-refractivity contribution in [2.75, 3.05) is 13.6 Å². The van der Waals surface area contributed by atoms with Crippen molar-refractivity contribution in [1.82, 2.24) is 14.9 Å². The number of benzene rings is 2. The van der Waals surface area contributed by atoms with Crippen LogP contribution in [0.1, 0.15) is 43.2 Å². The Morgan fingerprint density at radius 1 is 0.943 bits per heavy atom. The molecule has 3 heterocycles. The van der Waals surface area contributed by atoms with Crippen LogP contribution in [0.3, 0.4) is 0 Å². The lowest BCUT2D eigenvalue weighted by Crippen LogP contribution is -2.26. The molecule has 1 unspecified atom stereocenters. The van der Waals surface area contributed by atoms with E-state index in [2.05, 4.69) is 21.9 Å². The van der Waals surface area contributed by atoms with E-state index in [1.54, 1.807) is 6.07 Å². The van der Waals surface area contributed by atoms with Gasteiger partial charge in [-0.1, -0.05) is 12.1 Å². The Balaban J connectivity index is 1.18. The predicted molar refractivity (Wildman–Crippen MR) is 136 cm³/mol. The minimum absolute atomic E-state index is 0.141. The summed E-state index contributed by atoms with van der Waals surface area (Å²) in [5.41, 5.74) is 4.07. The number of rotatable bonds is 8. The second-order valence-corrected chi connectivity index (χ2v) is 9.43. The van der Waals surface area contributed by atoms with Gasteiger partial charge in [-0.2, -0.15) is 0 Å². The first kappa shape index (κ1) is 23.2. The van der Waals surface area contributed by atoms with Crippen LogP contribution in [0.2, 0.25) is 0 Å². The van der Waals surface area contributed by atoms with E-state index in [9.17, 15) is 9.59 Å². The highest BCUT2D eigenvalue weighted by Crippen LogP contribution is 2.32. The molecule has 0 saturated carbocycles. The summed E-state index contributed by atoms with van der Waals surface area (Å²) in [6.45, 7) is 3.09. The Morgan fingerprint density at radius 2 is 1.57 bits per heavy atom. The molecular weight excluding hydrogens is 442 g/mol. The molecule has 0 aliphatic carbocycles. The van der Waals surface area contributed by atoms with E-state index in [0.717, 1.165) is 40.3 Å². The first-order valence-electron chi connectivity index (χ1n) is 12.3. The fraction of sp³-hybridized carbons (Fsp3) is 0.357. The average Bonchev–Trinajstić information content (AvgIpc) is 3.54. The van der Waals surface area contributed by atoms with E-state index in [-0.39, 0.29) is 24.8 Å². The molecule has 4 aromatic rings. The molecule has 35 heavy (non-hydrogen) atoms. The third-order valence-corrected chi connectivity index (χ3v) is 6.95. The quantitative estimate of drug-likeness (QED) is 0.269. The number of H-pyrrole nitrogens is 2. The van der Waals surface area contributed by atoms with E-state index in [1.807, 2.05) is 49.6 Å². The van der Waals surface area contributed by atoms with E-state index < -0.39 is 0 Å². The zero-order valence-electron chi connectivity index (χ0n) is 20.2. The largest absolute Gasteiger partial charge is 0.426 e. The van der Waals surface area contributed by atoms with Gasteiger partial charge >= 0.3 is 11.9 Å². The summed E-state index contributed by atoms with van der Waals surface area (Å²) >= 11 is 0. The van der Waals surface area contributed by atoms with Crippen molar-refractivity contribution < 1.29 is 19.1 Å². The summed E-state index contributed by atoms with van der Waals surface area (Å²) in [5, 5.41) is 1.87. The van der Waals surface area contributed by atoms with Gasteiger partial charge < -0.3 is 24.3 Å². The van der Waals surface area contributed by atoms with Gasteiger partial charge in [-0.3, -0.25) is 9.59 Å². The van der Waals surface area contributed by atoms with Crippen LogP contribution in [-0.4, -0.2) is 46.4 Å². The first-order valence-corrected chi connectivity index (χ1v) is 12.3. The molecule has 2 N–H and O–H groups in total. The number of likely N-dealkylation sites (tertiary alicyclic amines) is 1. The maximum Gasteiger partial charge on any atom is 0.311 e. The van der Waals surface area contributed by atoms with Gasteiger partial charge in [0.05, 0.1) is 0 Å². The number of aromatic amines is 2. The van der Waals surface area contributed by atoms with Crippen LogP contribution in [0.4, 0.5) is 0 Å². The zero-order chi connectivity index (χ0) is 24.4. The molecule has 0 radical (unpaired) electrons. The number of aryl methyl sites for hydroxylation is 1. The fourth-order valence-electron chi connectivity index (χ4n) is 5.08. The molecule has 2 aromatic heterocycles. The summed E-state index contributed by atoms with van der Waals surface area (Å²) in [4.78, 5) is 33.9. The second-order valence-electron chi connectivity index (χ2n) is 9.43. The third-order valence-electron chi connectivity index (χ3n) is 6.95. The highest BCUT2D eigenvalue weighted by Gasteiger charge is 2.23. The summed E-state index contributed by atoms with van der Waals surface area (Å²) in [5.74, 6) is 0.399. The van der Waals surface area contributed by atoms with Crippen molar-refractivity contribution in [1.29, 1.82) is 0 Å². The Morgan fingerprint density at radius 3 is 2.23 bits per heavy atom. The monoisotopic (exact) mass is 473 g/mol. The van der Waals surface area contributed by atoms with Crippen molar-refractivity contribution in [3.05, 3.63) is 59.9 Å². The number of likely N-dealkylation sites (N-methyl/N-ethyl adjacent to an activating group) is 1. The Kier molecular flexibility index (Phi) is 6.59. The average molecular weight is 474 g/mol. The number of hydrogen-bond acceptors (Lipinski definition) is 5. The molecule has 2 aromatic carbocycles. The minimum Gasteiger partial charge on any atom is -0.426 e. The topological polar surface area (TPSA) is 87.4 Å². The number of nitrogens with zero attached hydrogens (tertiary/aromatic N) is 1.